The molecule has 0 aliphatic heterocycles. The van der Waals surface area contributed by atoms with Gasteiger partial charge in [0.2, 0.25) is 0 Å². The summed E-state index contributed by atoms with van der Waals surface area (Å²) in [6, 6.07) is 15.0. The number of para-hydroxylation sites is 1. The van der Waals surface area contributed by atoms with Crippen LogP contribution >= 0.6 is 11.6 Å². The van der Waals surface area contributed by atoms with Crippen molar-refractivity contribution in [1.82, 2.24) is 0 Å². The summed E-state index contributed by atoms with van der Waals surface area (Å²) in [6.07, 6.45) is -1.27. The third kappa shape index (κ3) is 5.29. The van der Waals surface area contributed by atoms with Gasteiger partial charge in [-0.05, 0) is 30.3 Å². The first-order valence-corrected chi connectivity index (χ1v) is 10.8. The Hall–Kier alpha value is -3.21. The van der Waals surface area contributed by atoms with Gasteiger partial charge in [-0.15, -0.1) is 0 Å². The lowest BCUT2D eigenvalue weighted by atomic mass is 10.1. The molecule has 0 saturated carbocycles. The first-order chi connectivity index (χ1) is 14.7. The zero-order chi connectivity index (χ0) is 22.6. The highest BCUT2D eigenvalue weighted by atomic mass is 35.5. The van der Waals surface area contributed by atoms with Crippen molar-refractivity contribution in [2.75, 3.05) is 16.6 Å². The second-order valence-corrected chi connectivity index (χ2v) is 8.53. The molecule has 3 N–H and O–H groups in total. The van der Waals surface area contributed by atoms with E-state index in [0.717, 1.165) is 6.07 Å². The topological polar surface area (TPSA) is 122 Å². The fourth-order valence-electron chi connectivity index (χ4n) is 2.79. The summed E-state index contributed by atoms with van der Waals surface area (Å²) in [6.45, 7) is -0.230. The molecule has 0 fully saturated rings. The molecule has 3 aromatic carbocycles. The van der Waals surface area contributed by atoms with Gasteiger partial charge in [-0.3, -0.25) is 14.8 Å². The number of sulfonamides is 1. The molecule has 0 spiro atoms. The Labute approximate surface area is 182 Å². The third-order valence-corrected chi connectivity index (χ3v) is 6.04. The van der Waals surface area contributed by atoms with Crippen LogP contribution in [0, 0.1) is 15.9 Å². The van der Waals surface area contributed by atoms with Crippen molar-refractivity contribution in [3.05, 3.63) is 93.2 Å². The van der Waals surface area contributed by atoms with Crippen LogP contribution in [0.3, 0.4) is 0 Å². The maximum absolute atomic E-state index is 13.8. The van der Waals surface area contributed by atoms with Crippen LogP contribution < -0.4 is 10.0 Å². The van der Waals surface area contributed by atoms with E-state index in [1.807, 2.05) is 0 Å². The number of hydrogen-bond donors (Lipinski definition) is 3. The average Bonchev–Trinajstić information content (AvgIpc) is 2.73. The number of nitrogens with one attached hydrogen (secondary N) is 2. The van der Waals surface area contributed by atoms with Crippen molar-refractivity contribution < 1.29 is 22.8 Å². The van der Waals surface area contributed by atoms with E-state index < -0.39 is 32.6 Å². The molecule has 11 heteroatoms. The molecule has 3 rings (SSSR count). The summed E-state index contributed by atoms with van der Waals surface area (Å²) in [7, 11) is -4.15. The molecule has 1 atom stereocenters. The molecule has 31 heavy (non-hydrogen) atoms. The van der Waals surface area contributed by atoms with Gasteiger partial charge in [-0.25, -0.2) is 12.8 Å². The largest absolute Gasteiger partial charge is 0.386 e. The van der Waals surface area contributed by atoms with Gasteiger partial charge in [-0.1, -0.05) is 41.9 Å². The number of hydrogen-bond acceptors (Lipinski definition) is 6. The second kappa shape index (κ2) is 9.29. The summed E-state index contributed by atoms with van der Waals surface area (Å²) in [5.41, 5.74) is -0.400. The molecule has 8 nitrogen and oxygen atoms in total. The highest BCUT2D eigenvalue weighted by Crippen LogP contribution is 2.30. The Morgan fingerprint density at radius 1 is 1.06 bits per heavy atom. The number of aliphatic hydroxyl groups excluding tert-OH is 1. The summed E-state index contributed by atoms with van der Waals surface area (Å²) in [5, 5.41) is 24.5. The van der Waals surface area contributed by atoms with Gasteiger partial charge in [0.1, 0.15) is 11.5 Å². The van der Waals surface area contributed by atoms with Gasteiger partial charge in [0.15, 0.2) is 0 Å². The second-order valence-electron chi connectivity index (χ2n) is 6.44. The number of anilines is 2. The molecular weight excluding hydrogens is 449 g/mol. The van der Waals surface area contributed by atoms with Crippen LogP contribution in [0.4, 0.5) is 21.5 Å². The summed E-state index contributed by atoms with van der Waals surface area (Å²) >= 11 is 5.96. The number of rotatable bonds is 8. The predicted octanol–water partition coefficient (Wildman–Crippen LogP) is 4.33. The Morgan fingerprint density at radius 2 is 1.74 bits per heavy atom. The highest BCUT2D eigenvalue weighted by Gasteiger charge is 2.23. The van der Waals surface area contributed by atoms with Crippen LogP contribution in [0.5, 0.6) is 0 Å². The van der Waals surface area contributed by atoms with Crippen LogP contribution in [0.1, 0.15) is 11.7 Å². The fraction of sp³-hybridized carbons (Fsp3) is 0.100. The van der Waals surface area contributed by atoms with Gasteiger partial charge in [-0.2, -0.15) is 0 Å². The zero-order valence-corrected chi connectivity index (χ0v) is 17.4. The predicted molar refractivity (Wildman–Crippen MR) is 115 cm³/mol. The molecule has 3 aromatic rings. The lowest BCUT2D eigenvalue weighted by Crippen LogP contribution is -2.16. The van der Waals surface area contributed by atoms with E-state index in [1.54, 1.807) is 18.2 Å². The summed E-state index contributed by atoms with van der Waals surface area (Å²) in [4.78, 5) is 10.4. The van der Waals surface area contributed by atoms with Crippen molar-refractivity contribution in [1.29, 1.82) is 0 Å². The smallest absolute Gasteiger partial charge is 0.293 e. The Balaban J connectivity index is 1.83. The van der Waals surface area contributed by atoms with Gasteiger partial charge >= 0.3 is 0 Å². The van der Waals surface area contributed by atoms with Crippen LogP contribution in [0.15, 0.2) is 71.6 Å². The normalized spacial score (nSPS) is 12.2. The first kappa shape index (κ1) is 22.5. The molecule has 0 amide bonds. The molecule has 1 unspecified atom stereocenters. The molecule has 0 saturated heterocycles. The van der Waals surface area contributed by atoms with E-state index in [2.05, 4.69) is 10.0 Å². The molecule has 0 aromatic heterocycles. The Bertz CT molecular complexity index is 1220. The van der Waals surface area contributed by atoms with Crippen LogP contribution in [0.25, 0.3) is 0 Å². The fourth-order valence-corrected chi connectivity index (χ4v) is 4.13. The van der Waals surface area contributed by atoms with E-state index in [1.165, 1.54) is 42.5 Å². The third-order valence-electron chi connectivity index (χ3n) is 4.34. The SMILES string of the molecule is O=[N+]([O-])c1cc(S(=O)(=O)Nc2ccccc2Cl)ccc1NCC(O)c1ccccc1F. The van der Waals surface area contributed by atoms with E-state index >= 15 is 0 Å². The summed E-state index contributed by atoms with van der Waals surface area (Å²) in [5.74, 6) is -0.613. The van der Waals surface area contributed by atoms with Crippen LogP contribution in [-0.4, -0.2) is 25.0 Å². The molecular formula is C20H17ClFN3O5S. The van der Waals surface area contributed by atoms with Gasteiger partial charge < -0.3 is 10.4 Å². The monoisotopic (exact) mass is 465 g/mol. The van der Waals surface area contributed by atoms with E-state index in [-0.39, 0.29) is 33.4 Å². The summed E-state index contributed by atoms with van der Waals surface area (Å²) < 4.78 is 41.3. The van der Waals surface area contributed by atoms with Gasteiger partial charge in [0.25, 0.3) is 15.7 Å². The Morgan fingerprint density at radius 3 is 2.42 bits per heavy atom. The number of nitro groups is 1. The minimum Gasteiger partial charge on any atom is -0.386 e. The van der Waals surface area contributed by atoms with Gasteiger partial charge in [0.05, 0.1) is 26.6 Å². The number of nitro benzene ring substituents is 1. The van der Waals surface area contributed by atoms with Crippen LogP contribution in [0.2, 0.25) is 5.02 Å². The van der Waals surface area contributed by atoms with Gasteiger partial charge in [0, 0.05) is 18.2 Å². The number of nitrogens with zero attached hydrogens (tertiary/aromatic N) is 1. The lowest BCUT2D eigenvalue weighted by Gasteiger charge is -2.15. The minimum atomic E-state index is -4.15. The minimum absolute atomic E-state index is 0.0285. The molecule has 0 aliphatic rings. The molecule has 0 aliphatic carbocycles. The zero-order valence-electron chi connectivity index (χ0n) is 15.8. The van der Waals surface area contributed by atoms with E-state index in [4.69, 9.17) is 11.6 Å². The van der Waals surface area contributed by atoms with E-state index in [0.29, 0.717) is 0 Å². The first-order valence-electron chi connectivity index (χ1n) is 8.91. The number of benzene rings is 3. The van der Waals surface area contributed by atoms with E-state index in [9.17, 15) is 28.0 Å². The number of halogens is 2. The van der Waals surface area contributed by atoms with Crippen molar-refractivity contribution in [3.63, 3.8) is 0 Å². The van der Waals surface area contributed by atoms with Crippen molar-refractivity contribution in [3.8, 4) is 0 Å². The molecule has 0 bridgehead atoms. The maximum Gasteiger partial charge on any atom is 0.293 e. The van der Waals surface area contributed by atoms with Crippen LogP contribution in [-0.2, 0) is 10.0 Å². The quantitative estimate of drug-likeness (QED) is 0.336. The lowest BCUT2D eigenvalue weighted by molar-refractivity contribution is -0.384. The molecule has 162 valence electrons. The number of aliphatic hydroxyl groups is 1. The van der Waals surface area contributed by atoms with Crippen molar-refractivity contribution >= 4 is 38.7 Å². The maximum atomic E-state index is 13.8. The van der Waals surface area contributed by atoms with Crippen molar-refractivity contribution in [2.45, 2.75) is 11.0 Å². The standard InChI is InChI=1S/C20H17ClFN3O5S/c21-15-6-2-4-8-17(15)24-31(29,30)13-9-10-18(19(11-13)25(27)28)23-12-20(26)14-5-1-3-7-16(14)22/h1-11,20,23-24,26H,12H2. The molecule has 0 radical (unpaired) electrons. The Kier molecular flexibility index (Phi) is 6.74. The average molecular weight is 466 g/mol. The highest BCUT2D eigenvalue weighted by molar-refractivity contribution is 7.92. The van der Waals surface area contributed by atoms with Crippen molar-refractivity contribution in [2.24, 2.45) is 0 Å². The molecule has 0 heterocycles.